The van der Waals surface area contributed by atoms with Crippen LogP contribution in [0.3, 0.4) is 0 Å². The molecule has 4 heterocycles. The third-order valence-corrected chi connectivity index (χ3v) is 7.26. The van der Waals surface area contributed by atoms with E-state index in [1.165, 1.54) is 51.6 Å². The predicted molar refractivity (Wildman–Crippen MR) is 130 cm³/mol. The van der Waals surface area contributed by atoms with E-state index in [4.69, 9.17) is 11.6 Å². The number of nitrogens with one attached hydrogen (secondary N) is 3. The first-order chi connectivity index (χ1) is 15.0. The second-order valence-corrected chi connectivity index (χ2v) is 9.30. The SMILES string of the molecule is CC.Cc1nn(C)cc1-c1cc2c(NC3CCC4(CCNCC4)CC3)c(Cl)cnc2[nH]1. The van der Waals surface area contributed by atoms with Crippen molar-refractivity contribution in [2.45, 2.75) is 65.3 Å². The van der Waals surface area contributed by atoms with Gasteiger partial charge in [0.15, 0.2) is 0 Å². The topological polar surface area (TPSA) is 70.6 Å². The number of nitrogens with zero attached hydrogens (tertiary/aromatic N) is 3. The molecule has 168 valence electrons. The van der Waals surface area contributed by atoms with Crippen molar-refractivity contribution in [3.63, 3.8) is 0 Å². The number of H-pyrrole nitrogens is 1. The van der Waals surface area contributed by atoms with Crippen molar-refractivity contribution >= 4 is 28.3 Å². The number of aryl methyl sites for hydroxylation is 2. The molecule has 0 bridgehead atoms. The van der Waals surface area contributed by atoms with Gasteiger partial charge in [-0.1, -0.05) is 25.4 Å². The van der Waals surface area contributed by atoms with Gasteiger partial charge in [0.2, 0.25) is 0 Å². The van der Waals surface area contributed by atoms with Crippen molar-refractivity contribution < 1.29 is 0 Å². The Morgan fingerprint density at radius 3 is 2.52 bits per heavy atom. The average molecular weight is 443 g/mol. The molecule has 3 N–H and O–H groups in total. The maximum absolute atomic E-state index is 6.59. The highest BCUT2D eigenvalue weighted by molar-refractivity contribution is 6.34. The second kappa shape index (κ2) is 9.21. The Hall–Kier alpha value is -2.05. The van der Waals surface area contributed by atoms with Crippen LogP contribution in [0.15, 0.2) is 18.5 Å². The molecule has 7 heteroatoms. The van der Waals surface area contributed by atoms with E-state index in [1.807, 2.05) is 38.7 Å². The Bertz CT molecular complexity index is 1020. The van der Waals surface area contributed by atoms with E-state index < -0.39 is 0 Å². The van der Waals surface area contributed by atoms with Crippen LogP contribution >= 0.6 is 11.6 Å². The van der Waals surface area contributed by atoms with Gasteiger partial charge in [-0.15, -0.1) is 0 Å². The minimum absolute atomic E-state index is 0.470. The van der Waals surface area contributed by atoms with E-state index >= 15 is 0 Å². The summed E-state index contributed by atoms with van der Waals surface area (Å²) >= 11 is 6.59. The highest BCUT2D eigenvalue weighted by atomic mass is 35.5. The highest BCUT2D eigenvalue weighted by Crippen LogP contribution is 2.44. The number of aromatic nitrogens is 4. The number of rotatable bonds is 3. The van der Waals surface area contributed by atoms with E-state index in [9.17, 15) is 0 Å². The number of piperidine rings is 1. The van der Waals surface area contributed by atoms with Crippen LogP contribution in [0.2, 0.25) is 5.02 Å². The van der Waals surface area contributed by atoms with Gasteiger partial charge in [-0.05, 0) is 70.0 Å². The fourth-order valence-electron chi connectivity index (χ4n) is 5.24. The van der Waals surface area contributed by atoms with Crippen molar-refractivity contribution in [1.29, 1.82) is 0 Å². The molecule has 0 unspecified atom stereocenters. The number of anilines is 1. The largest absolute Gasteiger partial charge is 0.380 e. The van der Waals surface area contributed by atoms with Gasteiger partial charge in [0.25, 0.3) is 0 Å². The van der Waals surface area contributed by atoms with Crippen molar-refractivity contribution in [2.24, 2.45) is 12.5 Å². The molecule has 0 aromatic carbocycles. The van der Waals surface area contributed by atoms with Crippen LogP contribution in [0.5, 0.6) is 0 Å². The molecule has 31 heavy (non-hydrogen) atoms. The number of aromatic amines is 1. The summed E-state index contributed by atoms with van der Waals surface area (Å²) in [5.74, 6) is 0. The zero-order valence-electron chi connectivity index (χ0n) is 19.2. The number of hydrogen-bond acceptors (Lipinski definition) is 4. The Labute approximate surface area is 190 Å². The molecule has 0 radical (unpaired) electrons. The predicted octanol–water partition coefficient (Wildman–Crippen LogP) is 5.68. The third kappa shape index (κ3) is 4.46. The van der Waals surface area contributed by atoms with E-state index in [1.54, 1.807) is 6.20 Å². The summed E-state index contributed by atoms with van der Waals surface area (Å²) in [6.45, 7) is 8.38. The normalized spacial score (nSPS) is 18.7. The van der Waals surface area contributed by atoms with Gasteiger partial charge in [0, 0.05) is 30.2 Å². The first-order valence-electron chi connectivity index (χ1n) is 11.7. The van der Waals surface area contributed by atoms with Gasteiger partial charge in [0.1, 0.15) is 5.65 Å². The first-order valence-corrected chi connectivity index (χ1v) is 12.1. The maximum Gasteiger partial charge on any atom is 0.139 e. The fourth-order valence-corrected chi connectivity index (χ4v) is 5.45. The molecule has 1 aliphatic carbocycles. The fraction of sp³-hybridized carbons (Fsp3) is 0.583. The van der Waals surface area contributed by atoms with Crippen molar-refractivity contribution in [1.82, 2.24) is 25.1 Å². The minimum atomic E-state index is 0.470. The summed E-state index contributed by atoms with van der Waals surface area (Å²) in [7, 11) is 1.94. The third-order valence-electron chi connectivity index (χ3n) is 6.97. The molecule has 2 fully saturated rings. The van der Waals surface area contributed by atoms with Crippen molar-refractivity contribution in [3.8, 4) is 11.3 Å². The van der Waals surface area contributed by atoms with E-state index in [2.05, 4.69) is 31.8 Å². The molecular formula is C24H35ClN6. The molecule has 3 aromatic heterocycles. The number of pyridine rings is 1. The molecule has 1 spiro atoms. The standard InChI is InChI=1S/C22H29ClN6.C2H6/c1-14-17(13-29(2)28-14)19-11-16-20(18(23)12-25-21(16)27-19)26-15-3-5-22(6-4-15)7-9-24-10-8-22;1-2/h11-13,15,24H,3-10H2,1-2H3,(H2,25,26,27);1-2H3. The van der Waals surface area contributed by atoms with Crippen LogP contribution in [0.4, 0.5) is 5.69 Å². The number of halogens is 1. The molecule has 1 aliphatic heterocycles. The minimum Gasteiger partial charge on any atom is -0.380 e. The molecule has 5 rings (SSSR count). The molecule has 3 aromatic rings. The summed E-state index contributed by atoms with van der Waals surface area (Å²) in [6.07, 6.45) is 11.5. The Morgan fingerprint density at radius 1 is 1.16 bits per heavy atom. The lowest BCUT2D eigenvalue weighted by atomic mass is 9.67. The zero-order chi connectivity index (χ0) is 22.0. The van der Waals surface area contributed by atoms with E-state index in [0.717, 1.165) is 33.7 Å². The molecular weight excluding hydrogens is 408 g/mol. The summed E-state index contributed by atoms with van der Waals surface area (Å²) < 4.78 is 1.84. The smallest absolute Gasteiger partial charge is 0.139 e. The highest BCUT2D eigenvalue weighted by Gasteiger charge is 2.36. The number of hydrogen-bond donors (Lipinski definition) is 3. The van der Waals surface area contributed by atoms with Gasteiger partial charge in [-0.3, -0.25) is 4.68 Å². The Morgan fingerprint density at radius 2 is 1.87 bits per heavy atom. The van der Waals surface area contributed by atoms with Crippen LogP contribution in [-0.4, -0.2) is 38.9 Å². The summed E-state index contributed by atoms with van der Waals surface area (Å²) in [6, 6.07) is 2.62. The van der Waals surface area contributed by atoms with Crippen LogP contribution in [0.1, 0.15) is 58.1 Å². The van der Waals surface area contributed by atoms with Gasteiger partial charge in [0.05, 0.1) is 28.3 Å². The lowest BCUT2D eigenvalue weighted by Gasteiger charge is -2.43. The van der Waals surface area contributed by atoms with Gasteiger partial charge >= 0.3 is 0 Å². The quantitative estimate of drug-likeness (QED) is 0.488. The summed E-state index contributed by atoms with van der Waals surface area (Å²) in [5, 5.41) is 13.5. The molecule has 2 aliphatic rings. The molecule has 1 saturated carbocycles. The average Bonchev–Trinajstić information content (AvgIpc) is 3.36. The first kappa shape index (κ1) is 22.2. The molecule has 0 amide bonds. The summed E-state index contributed by atoms with van der Waals surface area (Å²) in [5.41, 5.74) is 5.56. The van der Waals surface area contributed by atoms with Crippen LogP contribution in [0.25, 0.3) is 22.3 Å². The Kier molecular flexibility index (Phi) is 6.58. The van der Waals surface area contributed by atoms with Crippen molar-refractivity contribution in [2.75, 3.05) is 18.4 Å². The van der Waals surface area contributed by atoms with Gasteiger partial charge in [-0.2, -0.15) is 5.10 Å². The second-order valence-electron chi connectivity index (χ2n) is 8.90. The van der Waals surface area contributed by atoms with E-state index in [0.29, 0.717) is 16.5 Å². The molecule has 0 atom stereocenters. The number of fused-ring (bicyclic) bond motifs is 1. The van der Waals surface area contributed by atoms with E-state index in [-0.39, 0.29) is 0 Å². The lowest BCUT2D eigenvalue weighted by molar-refractivity contribution is 0.128. The lowest BCUT2D eigenvalue weighted by Crippen LogP contribution is -2.41. The van der Waals surface area contributed by atoms with Crippen LogP contribution < -0.4 is 10.6 Å². The zero-order valence-corrected chi connectivity index (χ0v) is 19.9. The van der Waals surface area contributed by atoms with Crippen LogP contribution in [-0.2, 0) is 7.05 Å². The van der Waals surface area contributed by atoms with Crippen LogP contribution in [0, 0.1) is 12.3 Å². The Balaban J connectivity index is 0.00000112. The van der Waals surface area contributed by atoms with Gasteiger partial charge in [-0.25, -0.2) is 4.98 Å². The molecule has 6 nitrogen and oxygen atoms in total. The van der Waals surface area contributed by atoms with Crippen molar-refractivity contribution in [3.05, 3.63) is 29.2 Å². The monoisotopic (exact) mass is 442 g/mol. The maximum atomic E-state index is 6.59. The summed E-state index contributed by atoms with van der Waals surface area (Å²) in [4.78, 5) is 7.97. The molecule has 1 saturated heterocycles. The van der Waals surface area contributed by atoms with Gasteiger partial charge < -0.3 is 15.6 Å².